The minimum atomic E-state index is 0.878. The first kappa shape index (κ1) is 31.4. The van der Waals surface area contributed by atoms with Crippen molar-refractivity contribution in [2.75, 3.05) is 0 Å². The molecule has 0 amide bonds. The molecule has 54 heavy (non-hydrogen) atoms. The molecule has 4 aromatic carbocycles. The third kappa shape index (κ3) is 5.65. The van der Waals surface area contributed by atoms with Crippen LogP contribution in [0.2, 0.25) is 0 Å². The summed E-state index contributed by atoms with van der Waals surface area (Å²) in [6, 6.07) is 54.7. The van der Waals surface area contributed by atoms with Crippen molar-refractivity contribution < 1.29 is 0 Å². The number of aromatic nitrogens is 5. The Balaban J connectivity index is 1.34. The molecule has 8 aromatic rings. The first-order chi connectivity index (χ1) is 26.8. The van der Waals surface area contributed by atoms with E-state index in [9.17, 15) is 0 Å². The molecule has 0 radical (unpaired) electrons. The van der Waals surface area contributed by atoms with Crippen LogP contribution in [0.25, 0.3) is 102 Å². The molecule has 10 rings (SSSR count). The Labute approximate surface area is 312 Å². The van der Waals surface area contributed by atoms with Gasteiger partial charge < -0.3 is 9.97 Å². The smallest absolute Gasteiger partial charge is 0.0737 e. The molecular weight excluding hydrogens is 659 g/mol. The summed E-state index contributed by atoms with van der Waals surface area (Å²) in [5, 5.41) is 0. The molecule has 0 spiro atoms. The first-order valence-corrected chi connectivity index (χ1v) is 18.1. The number of fused-ring (bicyclic) bond motifs is 8. The van der Waals surface area contributed by atoms with Crippen molar-refractivity contribution in [2.45, 2.75) is 0 Å². The fourth-order valence-corrected chi connectivity index (χ4v) is 7.58. The van der Waals surface area contributed by atoms with Crippen LogP contribution >= 0.6 is 0 Å². The Hall–Kier alpha value is -7.37. The van der Waals surface area contributed by atoms with Gasteiger partial charge in [0.2, 0.25) is 0 Å². The fraction of sp³-hybridized carbons (Fsp3) is 0. The topological polar surface area (TPSA) is 70.2 Å². The van der Waals surface area contributed by atoms with E-state index in [1.807, 2.05) is 42.6 Å². The Morgan fingerprint density at radius 3 is 0.981 bits per heavy atom. The summed E-state index contributed by atoms with van der Waals surface area (Å²) in [5.41, 5.74) is 17.8. The van der Waals surface area contributed by atoms with E-state index in [0.717, 1.165) is 101 Å². The van der Waals surface area contributed by atoms with E-state index in [2.05, 4.69) is 161 Å². The molecule has 0 saturated heterocycles. The standard InChI is InChI=1S/C49H33N5/c1-4-12-33(13-5-1)46-38-23-25-40(51-38)47(34-14-6-2-7-15-34)42-27-29-44(53-42)49(36-21-19-32(20-22-36)37-18-10-11-31-50-37)45-30-28-43(54-45)48(35-16-8-3-9-17-35)41-26-24-39(46)52-41/h1-31,51,54H. The first-order valence-electron chi connectivity index (χ1n) is 18.1. The second kappa shape index (κ2) is 13.3. The van der Waals surface area contributed by atoms with Crippen LogP contribution in [0.3, 0.4) is 0 Å². The van der Waals surface area contributed by atoms with Crippen molar-refractivity contribution in [3.63, 3.8) is 0 Å². The number of hydrogen-bond donors (Lipinski definition) is 2. The summed E-state index contributed by atoms with van der Waals surface area (Å²) in [5.74, 6) is 0. The van der Waals surface area contributed by atoms with Gasteiger partial charge in [0.25, 0.3) is 0 Å². The molecule has 5 heteroatoms. The molecule has 0 fully saturated rings. The molecule has 0 saturated carbocycles. The highest BCUT2D eigenvalue weighted by molar-refractivity contribution is 5.99. The zero-order valence-electron chi connectivity index (χ0n) is 29.2. The third-order valence-corrected chi connectivity index (χ3v) is 10.1. The summed E-state index contributed by atoms with van der Waals surface area (Å²) in [6.07, 6.45) is 10.4. The van der Waals surface area contributed by atoms with Gasteiger partial charge in [-0.05, 0) is 83.0 Å². The van der Waals surface area contributed by atoms with E-state index in [4.69, 9.17) is 9.97 Å². The lowest BCUT2D eigenvalue weighted by Gasteiger charge is -2.07. The SMILES string of the molecule is C1=Cc2nc1c(-c1ccccc1)c1ccc([nH]1)c(-c1ccccc1)c1nc(c(-c3ccc(-c4ccccn4)cc3)c3ccc([nH]3)c2-c2ccccc2)C=C1. The van der Waals surface area contributed by atoms with Gasteiger partial charge in [-0.15, -0.1) is 0 Å². The van der Waals surface area contributed by atoms with Crippen molar-refractivity contribution in [2.24, 2.45) is 0 Å². The highest BCUT2D eigenvalue weighted by atomic mass is 14.8. The number of nitrogens with zero attached hydrogens (tertiary/aromatic N) is 3. The number of nitrogens with one attached hydrogen (secondary N) is 2. The van der Waals surface area contributed by atoms with E-state index in [1.54, 1.807) is 0 Å². The number of aromatic amines is 2. The number of rotatable bonds is 5. The normalized spacial score (nSPS) is 11.9. The average Bonchev–Trinajstić information content (AvgIpc) is 4.08. The molecule has 2 aliphatic rings. The molecule has 6 heterocycles. The molecule has 0 unspecified atom stereocenters. The molecule has 0 atom stereocenters. The molecule has 0 aliphatic carbocycles. The monoisotopic (exact) mass is 691 g/mol. The zero-order valence-corrected chi connectivity index (χ0v) is 29.2. The van der Waals surface area contributed by atoms with Gasteiger partial charge in [0.15, 0.2) is 0 Å². The van der Waals surface area contributed by atoms with Crippen LogP contribution in [0.15, 0.2) is 164 Å². The number of H-pyrrole nitrogens is 2. The Morgan fingerprint density at radius 1 is 0.296 bits per heavy atom. The lowest BCUT2D eigenvalue weighted by atomic mass is 10.0. The molecular formula is C49H33N5. The fourth-order valence-electron chi connectivity index (χ4n) is 7.58. The van der Waals surface area contributed by atoms with E-state index in [1.165, 1.54) is 0 Å². The van der Waals surface area contributed by atoms with E-state index in [0.29, 0.717) is 0 Å². The average molecular weight is 692 g/mol. The van der Waals surface area contributed by atoms with Crippen LogP contribution < -0.4 is 0 Å². The van der Waals surface area contributed by atoms with Crippen molar-refractivity contribution in [1.29, 1.82) is 0 Å². The number of pyridine rings is 1. The van der Waals surface area contributed by atoms with Gasteiger partial charge in [0, 0.05) is 56.1 Å². The third-order valence-electron chi connectivity index (χ3n) is 10.1. The van der Waals surface area contributed by atoms with Crippen LogP contribution in [0.5, 0.6) is 0 Å². The van der Waals surface area contributed by atoms with E-state index < -0.39 is 0 Å². The van der Waals surface area contributed by atoms with Crippen molar-refractivity contribution >= 4 is 46.4 Å². The van der Waals surface area contributed by atoms with Crippen LogP contribution in [-0.4, -0.2) is 24.9 Å². The van der Waals surface area contributed by atoms with Gasteiger partial charge in [-0.3, -0.25) is 4.98 Å². The maximum Gasteiger partial charge on any atom is 0.0737 e. The molecule has 8 bridgehead atoms. The minimum absolute atomic E-state index is 0.878. The maximum absolute atomic E-state index is 5.42. The summed E-state index contributed by atoms with van der Waals surface area (Å²) in [4.78, 5) is 23.0. The Kier molecular flexibility index (Phi) is 7.73. The van der Waals surface area contributed by atoms with Crippen LogP contribution in [0.4, 0.5) is 0 Å². The second-order valence-corrected chi connectivity index (χ2v) is 13.4. The predicted molar refractivity (Wildman–Crippen MR) is 224 cm³/mol. The van der Waals surface area contributed by atoms with E-state index in [-0.39, 0.29) is 0 Å². The Bertz CT molecular complexity index is 2850. The quantitative estimate of drug-likeness (QED) is 0.189. The van der Waals surface area contributed by atoms with Gasteiger partial charge in [0.05, 0.1) is 28.5 Å². The summed E-state index contributed by atoms with van der Waals surface area (Å²) in [7, 11) is 0. The van der Waals surface area contributed by atoms with Crippen LogP contribution in [-0.2, 0) is 0 Å². The largest absolute Gasteiger partial charge is 0.354 e. The van der Waals surface area contributed by atoms with Gasteiger partial charge >= 0.3 is 0 Å². The lowest BCUT2D eigenvalue weighted by molar-refractivity contribution is 1.31. The second-order valence-electron chi connectivity index (χ2n) is 13.4. The maximum atomic E-state index is 5.42. The summed E-state index contributed by atoms with van der Waals surface area (Å²) in [6.45, 7) is 0. The lowest BCUT2D eigenvalue weighted by Crippen LogP contribution is -1.90. The van der Waals surface area contributed by atoms with Crippen molar-refractivity contribution in [3.05, 3.63) is 187 Å². The van der Waals surface area contributed by atoms with Crippen LogP contribution in [0.1, 0.15) is 22.8 Å². The molecule has 5 nitrogen and oxygen atoms in total. The predicted octanol–water partition coefficient (Wildman–Crippen LogP) is 12.4. The zero-order chi connectivity index (χ0) is 35.8. The van der Waals surface area contributed by atoms with Gasteiger partial charge in [-0.1, -0.05) is 121 Å². The summed E-state index contributed by atoms with van der Waals surface area (Å²) >= 11 is 0. The van der Waals surface area contributed by atoms with Gasteiger partial charge in [0.1, 0.15) is 0 Å². The number of benzene rings is 4. The molecule has 254 valence electrons. The highest BCUT2D eigenvalue weighted by Gasteiger charge is 2.19. The van der Waals surface area contributed by atoms with Gasteiger partial charge in [-0.2, -0.15) is 0 Å². The van der Waals surface area contributed by atoms with Gasteiger partial charge in [-0.25, -0.2) is 9.97 Å². The molecule has 2 N–H and O–H groups in total. The van der Waals surface area contributed by atoms with E-state index >= 15 is 0 Å². The minimum Gasteiger partial charge on any atom is -0.354 e. The van der Waals surface area contributed by atoms with Crippen molar-refractivity contribution in [3.8, 4) is 55.8 Å². The van der Waals surface area contributed by atoms with Crippen molar-refractivity contribution in [1.82, 2.24) is 24.9 Å². The molecule has 4 aromatic heterocycles. The molecule has 2 aliphatic heterocycles. The number of hydrogen-bond acceptors (Lipinski definition) is 3. The Morgan fingerprint density at radius 2 is 0.630 bits per heavy atom. The van der Waals surface area contributed by atoms with Crippen LogP contribution in [0, 0.1) is 0 Å². The summed E-state index contributed by atoms with van der Waals surface area (Å²) < 4.78 is 0. The highest BCUT2D eigenvalue weighted by Crippen LogP contribution is 2.38.